The zero-order valence-corrected chi connectivity index (χ0v) is 20.6. The van der Waals surface area contributed by atoms with E-state index in [1.54, 1.807) is 61.5 Å². The van der Waals surface area contributed by atoms with Crippen molar-refractivity contribution in [1.82, 2.24) is 9.78 Å². The predicted octanol–water partition coefficient (Wildman–Crippen LogP) is 5.28. The molecule has 4 aromatic rings. The molecule has 0 spiro atoms. The molecule has 1 aliphatic heterocycles. The number of carbonyl (C=O) groups is 2. The van der Waals surface area contributed by atoms with Gasteiger partial charge in [-0.1, -0.05) is 48.0 Å². The Morgan fingerprint density at radius 1 is 0.895 bits per heavy atom. The van der Waals surface area contributed by atoms with Gasteiger partial charge in [-0.05, 0) is 44.2 Å². The highest BCUT2D eigenvalue weighted by atomic mass is 16.6. The van der Waals surface area contributed by atoms with Crippen molar-refractivity contribution in [3.63, 3.8) is 0 Å². The maximum Gasteiger partial charge on any atom is 0.275 e. The molecule has 0 saturated carbocycles. The van der Waals surface area contributed by atoms with E-state index in [2.05, 4.69) is 21.0 Å². The van der Waals surface area contributed by atoms with E-state index in [1.807, 2.05) is 25.1 Å². The summed E-state index contributed by atoms with van der Waals surface area (Å²) < 4.78 is 1.44. The van der Waals surface area contributed by atoms with Crippen LogP contribution < -0.4 is 16.0 Å². The summed E-state index contributed by atoms with van der Waals surface area (Å²) in [6, 6.07) is 21.5. The van der Waals surface area contributed by atoms with Gasteiger partial charge in [0.05, 0.1) is 22.3 Å². The zero-order valence-electron chi connectivity index (χ0n) is 20.6. The number of aromatic nitrogens is 2. The van der Waals surface area contributed by atoms with Crippen molar-refractivity contribution in [2.45, 2.75) is 19.9 Å². The Hall–Kier alpha value is -5.25. The van der Waals surface area contributed by atoms with E-state index < -0.39 is 22.8 Å². The highest BCUT2D eigenvalue weighted by Crippen LogP contribution is 2.41. The van der Waals surface area contributed by atoms with Crippen LogP contribution in [0.25, 0.3) is 0 Å². The van der Waals surface area contributed by atoms with Crippen LogP contribution in [0.3, 0.4) is 0 Å². The van der Waals surface area contributed by atoms with E-state index in [4.69, 9.17) is 0 Å². The number of anilines is 3. The van der Waals surface area contributed by atoms with E-state index in [1.165, 1.54) is 16.9 Å². The van der Waals surface area contributed by atoms with Crippen LogP contribution in [0.2, 0.25) is 0 Å². The fourth-order valence-electron chi connectivity index (χ4n) is 4.44. The maximum atomic E-state index is 13.6. The van der Waals surface area contributed by atoms with Crippen molar-refractivity contribution in [3.8, 4) is 0 Å². The Morgan fingerprint density at radius 2 is 1.53 bits per heavy atom. The van der Waals surface area contributed by atoms with Gasteiger partial charge in [-0.25, -0.2) is 4.68 Å². The molecule has 2 heterocycles. The van der Waals surface area contributed by atoms with Crippen molar-refractivity contribution in [1.29, 1.82) is 0 Å². The van der Waals surface area contributed by atoms with Gasteiger partial charge in [0.25, 0.3) is 17.5 Å². The third-order valence-electron chi connectivity index (χ3n) is 6.28. The molecule has 3 aromatic carbocycles. The number of nitro groups is 1. The zero-order chi connectivity index (χ0) is 26.8. The quantitative estimate of drug-likeness (QED) is 0.240. The molecule has 5 rings (SSSR count). The Bertz CT molecular complexity index is 1570. The van der Waals surface area contributed by atoms with Gasteiger partial charge in [0.2, 0.25) is 0 Å². The number of carbonyl (C=O) groups excluding carboxylic acids is 2. The number of benzene rings is 3. The number of aryl methyl sites for hydroxylation is 1. The molecule has 0 saturated heterocycles. The lowest BCUT2D eigenvalue weighted by molar-refractivity contribution is -0.385. The minimum Gasteiger partial charge on any atom is -0.343 e. The lowest BCUT2D eigenvalue weighted by Gasteiger charge is -2.30. The summed E-state index contributed by atoms with van der Waals surface area (Å²) in [5, 5.41) is 25.2. The molecule has 0 unspecified atom stereocenters. The molecule has 2 amide bonds. The predicted molar refractivity (Wildman–Crippen MR) is 144 cm³/mol. The molecule has 10 nitrogen and oxygen atoms in total. The van der Waals surface area contributed by atoms with E-state index >= 15 is 0 Å². The molecule has 1 aliphatic rings. The number of fused-ring (bicyclic) bond motifs is 1. The second-order valence-corrected chi connectivity index (χ2v) is 8.87. The van der Waals surface area contributed by atoms with Gasteiger partial charge >= 0.3 is 0 Å². The summed E-state index contributed by atoms with van der Waals surface area (Å²) in [4.78, 5) is 38.2. The highest BCUT2D eigenvalue weighted by molar-refractivity contribution is 6.09. The van der Waals surface area contributed by atoms with Crippen LogP contribution in [-0.4, -0.2) is 26.5 Å². The van der Waals surface area contributed by atoms with Gasteiger partial charge in [-0.3, -0.25) is 19.7 Å². The molecule has 10 heteroatoms. The normalized spacial score (nSPS) is 14.3. The summed E-state index contributed by atoms with van der Waals surface area (Å²) in [7, 11) is 0. The number of nitro benzene ring substituents is 1. The van der Waals surface area contributed by atoms with Crippen LogP contribution in [-0.2, 0) is 4.79 Å². The third-order valence-corrected chi connectivity index (χ3v) is 6.28. The Labute approximate surface area is 218 Å². The molecular weight excluding hydrogens is 484 g/mol. The number of allylic oxidation sites excluding steroid dienone is 1. The second-order valence-electron chi connectivity index (χ2n) is 8.87. The van der Waals surface area contributed by atoms with Crippen molar-refractivity contribution >= 4 is 34.7 Å². The molecule has 1 aromatic heterocycles. The molecule has 0 fully saturated rings. The first-order valence-corrected chi connectivity index (χ1v) is 11.9. The van der Waals surface area contributed by atoms with Crippen LogP contribution >= 0.6 is 0 Å². The summed E-state index contributed by atoms with van der Waals surface area (Å²) >= 11 is 0. The molecule has 0 radical (unpaired) electrons. The number of nitrogens with zero attached hydrogens (tertiary/aromatic N) is 3. The summed E-state index contributed by atoms with van der Waals surface area (Å²) in [5.41, 5.74) is 3.27. The first-order chi connectivity index (χ1) is 18.3. The Kier molecular flexibility index (Phi) is 6.44. The number of amides is 2. The second kappa shape index (κ2) is 10.0. The molecule has 38 heavy (non-hydrogen) atoms. The SMILES string of the molecule is CC1=C(C(=O)Nc2ccccc2)[C@H](c2ccccc2[N+](=O)[O-])n2ncc(C(=O)Nc3ccc(C)cc3)c2N1. The number of rotatable bonds is 6. The molecule has 1 atom stereocenters. The fourth-order valence-corrected chi connectivity index (χ4v) is 4.44. The van der Waals surface area contributed by atoms with Gasteiger partial charge in [0.15, 0.2) is 0 Å². The molecular formula is C28H24N6O4. The average molecular weight is 509 g/mol. The minimum atomic E-state index is -0.961. The molecule has 0 aliphatic carbocycles. The third kappa shape index (κ3) is 4.62. The fraction of sp³-hybridized carbons (Fsp3) is 0.107. The van der Waals surface area contributed by atoms with E-state index in [9.17, 15) is 19.7 Å². The molecule has 3 N–H and O–H groups in total. The first-order valence-electron chi connectivity index (χ1n) is 11.9. The summed E-state index contributed by atoms with van der Waals surface area (Å²) in [5.74, 6) is -0.531. The van der Waals surface area contributed by atoms with E-state index in [-0.39, 0.29) is 22.4 Å². The van der Waals surface area contributed by atoms with Crippen LogP contribution in [0.4, 0.5) is 22.9 Å². The van der Waals surface area contributed by atoms with Crippen LogP contribution in [0.15, 0.2) is 96.3 Å². The van der Waals surface area contributed by atoms with E-state index in [0.717, 1.165) is 5.56 Å². The summed E-state index contributed by atoms with van der Waals surface area (Å²) in [6.07, 6.45) is 1.39. The topological polar surface area (TPSA) is 131 Å². The van der Waals surface area contributed by atoms with Crippen molar-refractivity contribution in [2.75, 3.05) is 16.0 Å². The minimum absolute atomic E-state index is 0.163. The average Bonchev–Trinajstić information content (AvgIpc) is 3.33. The number of nitrogens with one attached hydrogen (secondary N) is 3. The van der Waals surface area contributed by atoms with Gasteiger partial charge in [-0.2, -0.15) is 5.10 Å². The largest absolute Gasteiger partial charge is 0.343 e. The van der Waals surface area contributed by atoms with Crippen molar-refractivity contribution in [3.05, 3.63) is 123 Å². The molecule has 190 valence electrons. The Morgan fingerprint density at radius 3 is 2.24 bits per heavy atom. The lowest BCUT2D eigenvalue weighted by atomic mass is 9.93. The highest BCUT2D eigenvalue weighted by Gasteiger charge is 2.38. The lowest BCUT2D eigenvalue weighted by Crippen LogP contribution is -2.32. The van der Waals surface area contributed by atoms with Crippen LogP contribution in [0.5, 0.6) is 0 Å². The van der Waals surface area contributed by atoms with Gasteiger partial charge in [0, 0.05) is 23.1 Å². The maximum absolute atomic E-state index is 13.6. The number of hydrogen-bond acceptors (Lipinski definition) is 6. The van der Waals surface area contributed by atoms with E-state index in [0.29, 0.717) is 22.9 Å². The molecule has 0 bridgehead atoms. The monoisotopic (exact) mass is 508 g/mol. The smallest absolute Gasteiger partial charge is 0.275 e. The number of hydrogen-bond donors (Lipinski definition) is 3. The van der Waals surface area contributed by atoms with Crippen LogP contribution in [0, 0.1) is 17.0 Å². The Balaban J connectivity index is 1.59. The van der Waals surface area contributed by atoms with Gasteiger partial charge in [-0.15, -0.1) is 0 Å². The first kappa shape index (κ1) is 24.4. The summed E-state index contributed by atoms with van der Waals surface area (Å²) in [6.45, 7) is 3.65. The standard InChI is InChI=1S/C28H24N6O4/c1-17-12-14-20(15-13-17)31-27(35)22-16-29-33-25(21-10-6-7-11-23(21)34(37)38)24(18(2)30-26(22)33)28(36)32-19-8-4-3-5-9-19/h3-16,25,30H,1-2H3,(H,31,35)(H,32,36)/t25-/m0/s1. The van der Waals surface area contributed by atoms with Crippen molar-refractivity contribution < 1.29 is 14.5 Å². The van der Waals surface area contributed by atoms with Gasteiger partial charge in [0.1, 0.15) is 17.4 Å². The number of para-hydroxylation sites is 2. The van der Waals surface area contributed by atoms with Crippen LogP contribution in [0.1, 0.15) is 34.5 Å². The van der Waals surface area contributed by atoms with Crippen molar-refractivity contribution in [2.24, 2.45) is 0 Å². The van der Waals surface area contributed by atoms with Gasteiger partial charge < -0.3 is 16.0 Å².